The fourth-order valence-corrected chi connectivity index (χ4v) is 7.85. The van der Waals surface area contributed by atoms with Crippen LogP contribution < -0.4 is 19.8 Å². The van der Waals surface area contributed by atoms with Crippen LogP contribution in [0, 0.1) is 13.8 Å². The van der Waals surface area contributed by atoms with Gasteiger partial charge in [0, 0.05) is 16.3 Å². The Kier molecular flexibility index (Phi) is 11.3. The van der Waals surface area contributed by atoms with Crippen molar-refractivity contribution in [2.75, 3.05) is 16.3 Å². The molecule has 1 heterocycles. The Balaban J connectivity index is 1.46. The number of thioether (sulfide) groups is 1. The van der Waals surface area contributed by atoms with E-state index in [0.717, 1.165) is 40.7 Å². The number of aryl methyl sites for hydroxylation is 2. The lowest BCUT2D eigenvalue weighted by atomic mass is 10.2. The molecule has 1 atom stereocenters. The van der Waals surface area contributed by atoms with Gasteiger partial charge in [-0.05, 0) is 80.4 Å². The van der Waals surface area contributed by atoms with Crippen LogP contribution in [0.15, 0.2) is 93.8 Å². The Hall–Kier alpha value is -3.74. The largest absolute Gasteiger partial charge is 0.492 e. The second-order valence-corrected chi connectivity index (χ2v) is 15.0. The molecular formula is C34H31Cl3N4O5S2. The highest BCUT2D eigenvalue weighted by atomic mass is 35.5. The van der Waals surface area contributed by atoms with Crippen LogP contribution in [0.1, 0.15) is 41.3 Å². The first-order valence-corrected chi connectivity index (χ1v) is 18.3. The maximum atomic E-state index is 14.0. The highest BCUT2D eigenvalue weighted by molar-refractivity contribution is 8.01. The molecule has 1 unspecified atom stereocenters. The summed E-state index contributed by atoms with van der Waals surface area (Å²) in [6, 6.07) is 20.9. The van der Waals surface area contributed by atoms with Gasteiger partial charge in [-0.15, -0.1) is 16.9 Å². The van der Waals surface area contributed by atoms with E-state index in [2.05, 4.69) is 22.1 Å². The molecule has 2 amide bonds. The van der Waals surface area contributed by atoms with Gasteiger partial charge in [-0.25, -0.2) is 8.42 Å². The van der Waals surface area contributed by atoms with E-state index in [-0.39, 0.29) is 42.7 Å². The number of rotatable bonds is 11. The summed E-state index contributed by atoms with van der Waals surface area (Å²) in [5.74, 6) is -0.528. The second-order valence-electron chi connectivity index (χ2n) is 11.0. The number of unbranched alkanes of at least 4 members (excludes halogenated alkanes) is 1. The maximum absolute atomic E-state index is 14.0. The third kappa shape index (κ3) is 8.27. The number of halogens is 3. The number of hydrogen-bond acceptors (Lipinski definition) is 7. The van der Waals surface area contributed by atoms with Crippen molar-refractivity contribution in [1.29, 1.82) is 0 Å². The van der Waals surface area contributed by atoms with Gasteiger partial charge in [-0.1, -0.05) is 78.0 Å². The molecule has 0 fully saturated rings. The second kappa shape index (κ2) is 15.2. The Morgan fingerprint density at radius 1 is 0.958 bits per heavy atom. The summed E-state index contributed by atoms with van der Waals surface area (Å²) in [6.07, 6.45) is 1.80. The number of nitrogens with zero attached hydrogens (tertiary/aromatic N) is 2. The number of hydrazone groups is 1. The summed E-state index contributed by atoms with van der Waals surface area (Å²) >= 11 is 20.2. The van der Waals surface area contributed by atoms with Gasteiger partial charge in [0.2, 0.25) is 0 Å². The van der Waals surface area contributed by atoms with Gasteiger partial charge in [-0.3, -0.25) is 14.3 Å². The predicted octanol–water partition coefficient (Wildman–Crippen LogP) is 8.49. The van der Waals surface area contributed by atoms with Crippen molar-refractivity contribution in [3.63, 3.8) is 0 Å². The van der Waals surface area contributed by atoms with Crippen LogP contribution in [0.3, 0.4) is 0 Å². The quantitative estimate of drug-likeness (QED) is 0.149. The summed E-state index contributed by atoms with van der Waals surface area (Å²) < 4.78 is 34.5. The fourth-order valence-electron chi connectivity index (χ4n) is 4.66. The Morgan fingerprint density at radius 3 is 2.33 bits per heavy atom. The zero-order chi connectivity index (χ0) is 34.6. The first-order chi connectivity index (χ1) is 22.9. The molecule has 1 aliphatic rings. The molecule has 0 bridgehead atoms. The van der Waals surface area contributed by atoms with E-state index in [0.29, 0.717) is 17.3 Å². The molecule has 2 N–H and O–H groups in total. The van der Waals surface area contributed by atoms with E-state index < -0.39 is 27.1 Å². The van der Waals surface area contributed by atoms with Crippen molar-refractivity contribution < 1.29 is 22.7 Å². The van der Waals surface area contributed by atoms with Crippen molar-refractivity contribution in [2.24, 2.45) is 5.10 Å². The minimum Gasteiger partial charge on any atom is -0.492 e. The molecule has 0 aliphatic carbocycles. The standard InChI is InChI=1S/C34H31Cl3N4O5S2/c1-4-5-15-46-28-14-11-21(3)16-29(28)47-31-32(39-41(34(31)43)30-26(36)18-23(35)19-27(30)37)38-33(42)22-7-6-8-24(17-22)40-48(44,45)25-12-9-20(2)10-13-25/h6-14,16-19,31,40H,4-5,15H2,1-3H3,(H,38,39,42). The lowest BCUT2D eigenvalue weighted by Crippen LogP contribution is -2.39. The van der Waals surface area contributed by atoms with Crippen molar-refractivity contribution in [3.8, 4) is 5.75 Å². The number of carbonyl (C=O) groups excluding carboxylic acids is 2. The van der Waals surface area contributed by atoms with Crippen LogP contribution >= 0.6 is 46.6 Å². The molecule has 4 aromatic carbocycles. The molecule has 5 rings (SSSR count). The fraction of sp³-hybridized carbons (Fsp3) is 0.206. The predicted molar refractivity (Wildman–Crippen MR) is 194 cm³/mol. The zero-order valence-corrected chi connectivity index (χ0v) is 30.0. The van der Waals surface area contributed by atoms with E-state index in [1.807, 2.05) is 32.0 Å². The van der Waals surface area contributed by atoms with E-state index >= 15 is 0 Å². The molecule has 9 nitrogen and oxygen atoms in total. The third-order valence-electron chi connectivity index (χ3n) is 7.13. The molecule has 0 saturated carbocycles. The van der Waals surface area contributed by atoms with Gasteiger partial charge in [0.1, 0.15) is 11.4 Å². The van der Waals surface area contributed by atoms with Gasteiger partial charge in [0.25, 0.3) is 21.8 Å². The Bertz CT molecular complexity index is 1980. The maximum Gasteiger partial charge on any atom is 0.268 e. The minimum atomic E-state index is -3.92. The first-order valence-electron chi connectivity index (χ1n) is 14.8. The number of hydrogen-bond donors (Lipinski definition) is 2. The topological polar surface area (TPSA) is 117 Å². The lowest BCUT2D eigenvalue weighted by molar-refractivity contribution is -0.116. The van der Waals surface area contributed by atoms with Crippen LogP contribution in [-0.4, -0.2) is 37.9 Å². The van der Waals surface area contributed by atoms with Crippen LogP contribution in [0.2, 0.25) is 15.1 Å². The molecule has 1 aliphatic heterocycles. The molecule has 250 valence electrons. The van der Waals surface area contributed by atoms with Crippen molar-refractivity contribution in [3.05, 3.63) is 111 Å². The van der Waals surface area contributed by atoms with Gasteiger partial charge < -0.3 is 10.1 Å². The summed E-state index contributed by atoms with van der Waals surface area (Å²) in [6.45, 7) is 6.34. The molecule has 0 aromatic heterocycles. The minimum absolute atomic E-state index is 0.0173. The number of sulfonamides is 1. The molecule has 14 heteroatoms. The molecule has 4 aromatic rings. The molecule has 48 heavy (non-hydrogen) atoms. The molecule has 0 spiro atoms. The monoisotopic (exact) mass is 744 g/mol. The average molecular weight is 746 g/mol. The smallest absolute Gasteiger partial charge is 0.268 e. The van der Waals surface area contributed by atoms with Crippen LogP contribution in [0.5, 0.6) is 5.75 Å². The zero-order valence-electron chi connectivity index (χ0n) is 26.1. The normalized spacial score (nSPS) is 14.5. The summed E-state index contributed by atoms with van der Waals surface area (Å²) in [5.41, 5.74) is 2.27. The molecular weight excluding hydrogens is 715 g/mol. The SMILES string of the molecule is CCCCOc1ccc(C)cc1SC1C(=O)N(c2c(Cl)cc(Cl)cc2Cl)N=C1NC(=O)c1cccc(NS(=O)(=O)c2ccc(C)cc2)c1. The Morgan fingerprint density at radius 2 is 1.65 bits per heavy atom. The van der Waals surface area contributed by atoms with Gasteiger partial charge in [-0.2, -0.15) is 5.01 Å². The highest BCUT2D eigenvalue weighted by Crippen LogP contribution is 2.42. The van der Waals surface area contributed by atoms with Gasteiger partial charge in [0.15, 0.2) is 11.1 Å². The van der Waals surface area contributed by atoms with Crippen molar-refractivity contribution in [1.82, 2.24) is 5.32 Å². The first kappa shape index (κ1) is 35.6. The Labute approximate surface area is 298 Å². The van der Waals surface area contributed by atoms with Gasteiger partial charge in [0.05, 0.1) is 26.4 Å². The van der Waals surface area contributed by atoms with E-state index in [9.17, 15) is 18.0 Å². The summed E-state index contributed by atoms with van der Waals surface area (Å²) in [7, 11) is -3.92. The third-order valence-corrected chi connectivity index (χ3v) is 10.6. The number of anilines is 2. The van der Waals surface area contributed by atoms with E-state index in [4.69, 9.17) is 39.5 Å². The van der Waals surface area contributed by atoms with Gasteiger partial charge >= 0.3 is 0 Å². The van der Waals surface area contributed by atoms with Crippen LogP contribution in [0.25, 0.3) is 0 Å². The average Bonchev–Trinajstić information content (AvgIpc) is 3.31. The summed E-state index contributed by atoms with van der Waals surface area (Å²) in [5, 5.41) is 7.70. The van der Waals surface area contributed by atoms with E-state index in [1.54, 1.807) is 18.2 Å². The number of amidine groups is 1. The number of amides is 2. The summed E-state index contributed by atoms with van der Waals surface area (Å²) in [4.78, 5) is 28.4. The molecule has 0 saturated heterocycles. The van der Waals surface area contributed by atoms with Crippen LogP contribution in [-0.2, 0) is 14.8 Å². The lowest BCUT2D eigenvalue weighted by Gasteiger charge is -2.18. The number of benzene rings is 4. The number of nitrogens with one attached hydrogen (secondary N) is 2. The molecule has 0 radical (unpaired) electrons. The van der Waals surface area contributed by atoms with Crippen molar-refractivity contribution in [2.45, 2.75) is 48.7 Å². The van der Waals surface area contributed by atoms with E-state index in [1.165, 1.54) is 42.5 Å². The number of carbonyl (C=O) groups is 2. The number of ether oxygens (including phenoxy) is 1. The highest BCUT2D eigenvalue weighted by Gasteiger charge is 2.41. The van der Waals surface area contributed by atoms with Crippen molar-refractivity contribution >= 4 is 85.6 Å². The van der Waals surface area contributed by atoms with Crippen LogP contribution in [0.4, 0.5) is 11.4 Å².